The molecule has 0 aliphatic rings. The van der Waals surface area contributed by atoms with Gasteiger partial charge in [0.05, 0.1) is 5.56 Å². The van der Waals surface area contributed by atoms with Crippen LogP contribution in [-0.2, 0) is 6.42 Å². The monoisotopic (exact) mass is 267 g/mol. The van der Waals surface area contributed by atoms with Crippen molar-refractivity contribution in [1.29, 1.82) is 5.41 Å². The minimum atomic E-state index is -0.252. The van der Waals surface area contributed by atoms with E-state index in [-0.39, 0.29) is 11.6 Å². The molecule has 1 aromatic rings. The van der Waals surface area contributed by atoms with E-state index >= 15 is 0 Å². The molecule has 1 unspecified atom stereocenters. The van der Waals surface area contributed by atoms with Crippen LogP contribution in [0.3, 0.4) is 0 Å². The summed E-state index contributed by atoms with van der Waals surface area (Å²) in [5.74, 6) is 1.16. The Kier molecular flexibility index (Phi) is 8.44. The molecule has 6 heteroatoms. The third-order valence-electron chi connectivity index (χ3n) is 2.59. The Morgan fingerprint density at radius 1 is 1.47 bits per heavy atom. The number of H-pyrrole nitrogens is 1. The second kappa shape index (κ2) is 9.27. The molecule has 0 aromatic carbocycles. The van der Waals surface area contributed by atoms with Gasteiger partial charge in [-0.15, -0.1) is 0 Å². The summed E-state index contributed by atoms with van der Waals surface area (Å²) in [4.78, 5) is 18.7. The van der Waals surface area contributed by atoms with Crippen molar-refractivity contribution < 1.29 is 0 Å². The van der Waals surface area contributed by atoms with Crippen LogP contribution in [-0.4, -0.2) is 29.3 Å². The van der Waals surface area contributed by atoms with E-state index in [0.29, 0.717) is 23.6 Å². The summed E-state index contributed by atoms with van der Waals surface area (Å²) >= 11 is 0. The van der Waals surface area contributed by atoms with Crippen molar-refractivity contribution in [1.82, 2.24) is 9.97 Å². The molecule has 0 aliphatic heterocycles. The normalized spacial score (nSPS) is 11.2. The minimum Gasteiger partial charge on any atom is -0.367 e. The van der Waals surface area contributed by atoms with E-state index in [1.807, 2.05) is 13.8 Å². The highest BCUT2D eigenvalue weighted by Crippen LogP contribution is 2.10. The zero-order chi connectivity index (χ0) is 14.8. The van der Waals surface area contributed by atoms with Crippen molar-refractivity contribution in [2.45, 2.75) is 46.1 Å². The molecule has 1 heterocycles. The summed E-state index contributed by atoms with van der Waals surface area (Å²) in [5.41, 5.74) is 4.54. The van der Waals surface area contributed by atoms with Gasteiger partial charge in [-0.3, -0.25) is 4.79 Å². The maximum Gasteiger partial charge on any atom is 0.261 e. The summed E-state index contributed by atoms with van der Waals surface area (Å²) in [5, 5.41) is 10.5. The number of anilines is 1. The molecule has 0 bridgehead atoms. The average Bonchev–Trinajstić information content (AvgIpc) is 2.41. The van der Waals surface area contributed by atoms with Gasteiger partial charge in [-0.05, 0) is 20.4 Å². The first-order chi connectivity index (χ1) is 9.12. The lowest BCUT2D eigenvalue weighted by Gasteiger charge is -2.15. The highest BCUT2D eigenvalue weighted by Gasteiger charge is 2.10. The van der Waals surface area contributed by atoms with Gasteiger partial charge in [0.25, 0.3) is 5.56 Å². The Hall–Kier alpha value is -1.69. The predicted octanol–water partition coefficient (Wildman–Crippen LogP) is 1.51. The van der Waals surface area contributed by atoms with Crippen LogP contribution >= 0.6 is 0 Å². The third-order valence-corrected chi connectivity index (χ3v) is 2.59. The van der Waals surface area contributed by atoms with Crippen LogP contribution in [0, 0.1) is 5.41 Å². The van der Waals surface area contributed by atoms with Crippen molar-refractivity contribution in [2.75, 3.05) is 12.4 Å². The number of aromatic amines is 1. The molecule has 5 N–H and O–H groups in total. The van der Waals surface area contributed by atoms with Gasteiger partial charge in [0.2, 0.25) is 0 Å². The van der Waals surface area contributed by atoms with E-state index < -0.39 is 0 Å². The molecule has 0 saturated heterocycles. The summed E-state index contributed by atoms with van der Waals surface area (Å²) in [6, 6.07) is 0.248. The molecule has 0 aliphatic carbocycles. The second-order valence-corrected chi connectivity index (χ2v) is 4.11. The molecule has 1 aromatic heterocycles. The van der Waals surface area contributed by atoms with Gasteiger partial charge in [-0.25, -0.2) is 4.98 Å². The van der Waals surface area contributed by atoms with E-state index in [2.05, 4.69) is 27.9 Å². The Bertz CT molecular complexity index is 441. The first-order valence-electron chi connectivity index (χ1n) is 6.60. The number of aryl methyl sites for hydroxylation is 1. The van der Waals surface area contributed by atoms with Crippen LogP contribution in [0.25, 0.3) is 0 Å². The first-order valence-corrected chi connectivity index (χ1v) is 6.60. The van der Waals surface area contributed by atoms with Crippen LogP contribution in [0.2, 0.25) is 0 Å². The van der Waals surface area contributed by atoms with Gasteiger partial charge in [0.1, 0.15) is 11.6 Å². The lowest BCUT2D eigenvalue weighted by Crippen LogP contribution is -2.24. The SMILES string of the molecule is CCCC(C)Nc1nc(CC)[nH]c(=O)c1C=N.CN. The van der Waals surface area contributed by atoms with Crippen molar-refractivity contribution in [3.8, 4) is 0 Å². The van der Waals surface area contributed by atoms with Gasteiger partial charge < -0.3 is 21.4 Å². The maximum atomic E-state index is 11.7. The average molecular weight is 267 g/mol. The van der Waals surface area contributed by atoms with Crippen molar-refractivity contribution in [3.05, 3.63) is 21.7 Å². The summed E-state index contributed by atoms with van der Waals surface area (Å²) < 4.78 is 0. The molecule has 108 valence electrons. The zero-order valence-electron chi connectivity index (χ0n) is 12.2. The highest BCUT2D eigenvalue weighted by molar-refractivity contribution is 5.83. The first kappa shape index (κ1) is 17.3. The van der Waals surface area contributed by atoms with Gasteiger partial charge in [0.15, 0.2) is 0 Å². The number of rotatable bonds is 6. The van der Waals surface area contributed by atoms with Crippen molar-refractivity contribution in [3.63, 3.8) is 0 Å². The molecule has 6 nitrogen and oxygen atoms in total. The Morgan fingerprint density at radius 2 is 2.11 bits per heavy atom. The molecule has 0 spiro atoms. The Labute approximate surface area is 114 Å². The van der Waals surface area contributed by atoms with Gasteiger partial charge in [-0.1, -0.05) is 20.3 Å². The van der Waals surface area contributed by atoms with Crippen LogP contribution in [0.15, 0.2) is 4.79 Å². The standard InChI is InChI=1S/C12H20N4O.CH5N/c1-4-6-8(3)14-11-9(7-13)12(17)16-10(5-2)15-11;1-2/h7-8,13H,4-6H2,1-3H3,(H2,14,15,16,17);2H2,1H3. The molecule has 0 radical (unpaired) electrons. The number of nitrogens with two attached hydrogens (primary N) is 1. The lowest BCUT2D eigenvalue weighted by molar-refractivity contribution is 0.685. The molecule has 0 amide bonds. The van der Waals surface area contributed by atoms with E-state index in [1.54, 1.807) is 0 Å². The van der Waals surface area contributed by atoms with Crippen LogP contribution in [0.1, 0.15) is 45.0 Å². The molecular formula is C13H25N5O. The lowest BCUT2D eigenvalue weighted by atomic mass is 10.2. The van der Waals surface area contributed by atoms with Crippen LogP contribution in [0.5, 0.6) is 0 Å². The third kappa shape index (κ3) is 5.21. The van der Waals surface area contributed by atoms with E-state index in [0.717, 1.165) is 19.1 Å². The number of hydrogen-bond donors (Lipinski definition) is 4. The van der Waals surface area contributed by atoms with Gasteiger partial charge in [-0.2, -0.15) is 0 Å². The molecule has 1 rings (SSSR count). The maximum absolute atomic E-state index is 11.7. The van der Waals surface area contributed by atoms with Crippen molar-refractivity contribution in [2.24, 2.45) is 5.73 Å². The summed E-state index contributed by atoms with van der Waals surface area (Å²) in [6.45, 7) is 6.09. The fraction of sp³-hybridized carbons (Fsp3) is 0.615. The second-order valence-electron chi connectivity index (χ2n) is 4.11. The Balaban J connectivity index is 0.00000154. The fourth-order valence-corrected chi connectivity index (χ4v) is 1.68. The quantitative estimate of drug-likeness (QED) is 0.586. The highest BCUT2D eigenvalue weighted by atomic mass is 16.1. The number of nitrogens with zero attached hydrogens (tertiary/aromatic N) is 1. The summed E-state index contributed by atoms with van der Waals surface area (Å²) in [6.07, 6.45) is 3.79. The summed E-state index contributed by atoms with van der Waals surface area (Å²) in [7, 11) is 1.50. The fourth-order valence-electron chi connectivity index (χ4n) is 1.68. The van der Waals surface area contributed by atoms with Gasteiger partial charge >= 0.3 is 0 Å². The van der Waals surface area contributed by atoms with Crippen molar-refractivity contribution >= 4 is 12.0 Å². The van der Waals surface area contributed by atoms with Crippen LogP contribution < -0.4 is 16.6 Å². The minimum absolute atomic E-state index is 0.248. The largest absolute Gasteiger partial charge is 0.367 e. The predicted molar refractivity (Wildman–Crippen MR) is 80.2 cm³/mol. The number of nitrogens with one attached hydrogen (secondary N) is 3. The topological polar surface area (TPSA) is 108 Å². The molecule has 19 heavy (non-hydrogen) atoms. The van der Waals surface area contributed by atoms with Crippen LogP contribution in [0.4, 0.5) is 5.82 Å². The van der Waals surface area contributed by atoms with Gasteiger partial charge in [0, 0.05) is 18.7 Å². The molecule has 1 atom stereocenters. The number of hydrogen-bond acceptors (Lipinski definition) is 5. The smallest absolute Gasteiger partial charge is 0.261 e. The molecule has 0 fully saturated rings. The van der Waals surface area contributed by atoms with E-state index in [9.17, 15) is 4.79 Å². The molecule has 0 saturated carbocycles. The number of aromatic nitrogens is 2. The van der Waals surface area contributed by atoms with E-state index in [4.69, 9.17) is 5.41 Å². The zero-order valence-corrected chi connectivity index (χ0v) is 12.2. The Morgan fingerprint density at radius 3 is 2.58 bits per heavy atom. The van der Waals surface area contributed by atoms with E-state index in [1.165, 1.54) is 7.05 Å². The molecular weight excluding hydrogens is 242 g/mol.